The van der Waals surface area contributed by atoms with Crippen LogP contribution < -0.4 is 0 Å². The highest BCUT2D eigenvalue weighted by atomic mass is 19.1. The molecule has 4 rings (SSSR count). The first-order chi connectivity index (χ1) is 10.2. The first kappa shape index (κ1) is 13.1. The van der Waals surface area contributed by atoms with Crippen LogP contribution in [0.3, 0.4) is 0 Å². The summed E-state index contributed by atoms with van der Waals surface area (Å²) < 4.78 is 13.0. The molecule has 3 aliphatic rings. The quantitative estimate of drug-likeness (QED) is 0.754. The van der Waals surface area contributed by atoms with Crippen LogP contribution in [0.25, 0.3) is 0 Å². The van der Waals surface area contributed by atoms with E-state index in [-0.39, 0.29) is 11.7 Å². The van der Waals surface area contributed by atoms with Crippen LogP contribution in [0.1, 0.15) is 48.9 Å². The summed E-state index contributed by atoms with van der Waals surface area (Å²) in [4.78, 5) is 14.8. The van der Waals surface area contributed by atoms with Gasteiger partial charge in [-0.2, -0.15) is 0 Å². The Balaban J connectivity index is 1.53. The van der Waals surface area contributed by atoms with Crippen LogP contribution >= 0.6 is 0 Å². The number of carbonyl (C=O) groups is 1. The first-order valence-electron chi connectivity index (χ1n) is 7.98. The SMILES string of the molecule is O=C(c1ccc(F)cc1)N1C2CCC1CC(=CC1CC1)C2. The van der Waals surface area contributed by atoms with Gasteiger partial charge in [-0.1, -0.05) is 11.6 Å². The summed E-state index contributed by atoms with van der Waals surface area (Å²) in [5, 5.41) is 0. The van der Waals surface area contributed by atoms with E-state index in [1.807, 2.05) is 0 Å². The second kappa shape index (κ2) is 4.97. The summed E-state index contributed by atoms with van der Waals surface area (Å²) in [5.41, 5.74) is 2.18. The number of fused-ring (bicyclic) bond motifs is 2. The van der Waals surface area contributed by atoms with Crippen molar-refractivity contribution in [2.24, 2.45) is 5.92 Å². The number of nitrogens with zero attached hydrogens (tertiary/aromatic N) is 1. The molecule has 2 atom stereocenters. The molecule has 3 heteroatoms. The molecule has 0 aromatic heterocycles. The average Bonchev–Trinajstić information content (AvgIpc) is 3.24. The molecule has 2 saturated heterocycles. The van der Waals surface area contributed by atoms with Gasteiger partial charge in [-0.05, 0) is 68.7 Å². The molecule has 2 unspecified atom stereocenters. The van der Waals surface area contributed by atoms with Crippen molar-refractivity contribution in [3.8, 4) is 0 Å². The van der Waals surface area contributed by atoms with Crippen molar-refractivity contribution in [3.05, 3.63) is 47.3 Å². The van der Waals surface area contributed by atoms with Crippen molar-refractivity contribution in [3.63, 3.8) is 0 Å². The van der Waals surface area contributed by atoms with E-state index >= 15 is 0 Å². The zero-order valence-electron chi connectivity index (χ0n) is 12.1. The van der Waals surface area contributed by atoms with E-state index in [0.29, 0.717) is 17.6 Å². The Morgan fingerprint density at radius 3 is 2.24 bits per heavy atom. The minimum atomic E-state index is -0.289. The fourth-order valence-electron chi connectivity index (χ4n) is 3.86. The van der Waals surface area contributed by atoms with E-state index in [1.165, 1.54) is 25.0 Å². The molecule has 2 aliphatic heterocycles. The van der Waals surface area contributed by atoms with Gasteiger partial charge in [0, 0.05) is 17.6 Å². The highest BCUT2D eigenvalue weighted by Gasteiger charge is 2.41. The predicted molar refractivity (Wildman–Crippen MR) is 79.4 cm³/mol. The van der Waals surface area contributed by atoms with Crippen molar-refractivity contribution < 1.29 is 9.18 Å². The standard InChI is InChI=1S/C18H20FNO/c19-15-5-3-14(4-6-15)18(21)20-16-7-8-17(20)11-13(10-16)9-12-1-2-12/h3-6,9,12,16-17H,1-2,7-8,10-11H2. The maximum Gasteiger partial charge on any atom is 0.254 e. The fraction of sp³-hybridized carbons (Fsp3) is 0.500. The summed E-state index contributed by atoms with van der Waals surface area (Å²) >= 11 is 0. The molecule has 0 radical (unpaired) electrons. The zero-order chi connectivity index (χ0) is 14.4. The van der Waals surface area contributed by atoms with Crippen molar-refractivity contribution in [1.29, 1.82) is 0 Å². The minimum absolute atomic E-state index is 0.0768. The third-order valence-electron chi connectivity index (χ3n) is 5.03. The van der Waals surface area contributed by atoms with E-state index in [9.17, 15) is 9.18 Å². The van der Waals surface area contributed by atoms with Crippen molar-refractivity contribution in [2.45, 2.75) is 50.6 Å². The lowest BCUT2D eigenvalue weighted by Gasteiger charge is -2.36. The van der Waals surface area contributed by atoms with Gasteiger partial charge in [0.1, 0.15) is 5.82 Å². The summed E-state index contributed by atoms with van der Waals surface area (Å²) in [5.74, 6) is 0.606. The van der Waals surface area contributed by atoms with Crippen LogP contribution in [0.5, 0.6) is 0 Å². The molecule has 0 spiro atoms. The Morgan fingerprint density at radius 2 is 1.67 bits per heavy atom. The molecule has 2 bridgehead atoms. The summed E-state index contributed by atoms with van der Waals surface area (Å²) in [7, 11) is 0. The Hall–Kier alpha value is -1.64. The number of rotatable bonds is 2. The largest absolute Gasteiger partial charge is 0.332 e. The highest BCUT2D eigenvalue weighted by molar-refractivity contribution is 5.95. The average molecular weight is 285 g/mol. The predicted octanol–water partition coefficient (Wildman–Crippen LogP) is 3.93. The molecule has 1 aromatic rings. The maximum atomic E-state index is 13.0. The van der Waals surface area contributed by atoms with Gasteiger partial charge in [0.2, 0.25) is 0 Å². The van der Waals surface area contributed by atoms with Crippen molar-refractivity contribution in [1.82, 2.24) is 4.90 Å². The lowest BCUT2D eigenvalue weighted by atomic mass is 9.94. The lowest BCUT2D eigenvalue weighted by Crippen LogP contribution is -2.44. The van der Waals surface area contributed by atoms with Crippen molar-refractivity contribution >= 4 is 5.91 Å². The van der Waals surface area contributed by atoms with Gasteiger partial charge < -0.3 is 4.90 Å². The number of halogens is 1. The Labute approximate surface area is 124 Å². The zero-order valence-corrected chi connectivity index (χ0v) is 12.1. The molecular weight excluding hydrogens is 265 g/mol. The van der Waals surface area contributed by atoms with E-state index < -0.39 is 0 Å². The molecule has 0 N–H and O–H groups in total. The Morgan fingerprint density at radius 1 is 1.05 bits per heavy atom. The summed E-state index contributed by atoms with van der Waals surface area (Å²) in [6.45, 7) is 0. The van der Waals surface area contributed by atoms with Crippen LogP contribution in [0.15, 0.2) is 35.9 Å². The molecule has 3 fully saturated rings. The third kappa shape index (κ3) is 2.50. The number of piperidine rings is 1. The summed E-state index contributed by atoms with van der Waals surface area (Å²) in [6.07, 6.45) is 9.46. The first-order valence-corrected chi connectivity index (χ1v) is 7.98. The molecule has 1 saturated carbocycles. The molecule has 2 heterocycles. The molecule has 21 heavy (non-hydrogen) atoms. The van der Waals surface area contributed by atoms with Crippen LogP contribution in [-0.4, -0.2) is 22.9 Å². The molecule has 110 valence electrons. The lowest BCUT2D eigenvalue weighted by molar-refractivity contribution is 0.0634. The van der Waals surface area contributed by atoms with E-state index in [4.69, 9.17) is 0 Å². The molecule has 1 aliphatic carbocycles. The minimum Gasteiger partial charge on any atom is -0.332 e. The van der Waals surface area contributed by atoms with Gasteiger partial charge in [-0.15, -0.1) is 0 Å². The molecule has 1 amide bonds. The van der Waals surface area contributed by atoms with Gasteiger partial charge in [0.05, 0.1) is 0 Å². The van der Waals surface area contributed by atoms with Gasteiger partial charge in [-0.25, -0.2) is 4.39 Å². The topological polar surface area (TPSA) is 20.3 Å². The Bertz CT molecular complexity index is 572. The van der Waals surface area contributed by atoms with E-state index in [2.05, 4.69) is 11.0 Å². The second-order valence-electron chi connectivity index (χ2n) is 6.67. The van der Waals surface area contributed by atoms with Gasteiger partial charge in [0.15, 0.2) is 0 Å². The molecule has 1 aromatic carbocycles. The van der Waals surface area contributed by atoms with Gasteiger partial charge >= 0.3 is 0 Å². The maximum absolute atomic E-state index is 13.0. The number of hydrogen-bond acceptors (Lipinski definition) is 1. The number of hydrogen-bond donors (Lipinski definition) is 0. The number of allylic oxidation sites excluding steroid dienone is 1. The van der Waals surface area contributed by atoms with E-state index in [0.717, 1.165) is 31.6 Å². The Kier molecular flexibility index (Phi) is 3.09. The smallest absolute Gasteiger partial charge is 0.254 e. The molecular formula is C18H20FNO. The monoisotopic (exact) mass is 285 g/mol. The number of benzene rings is 1. The van der Waals surface area contributed by atoms with Crippen LogP contribution in [0, 0.1) is 11.7 Å². The normalized spacial score (nSPS) is 27.9. The van der Waals surface area contributed by atoms with Gasteiger partial charge in [0.25, 0.3) is 5.91 Å². The number of carbonyl (C=O) groups excluding carboxylic acids is 1. The third-order valence-corrected chi connectivity index (χ3v) is 5.03. The van der Waals surface area contributed by atoms with Crippen LogP contribution in [-0.2, 0) is 0 Å². The van der Waals surface area contributed by atoms with Crippen molar-refractivity contribution in [2.75, 3.05) is 0 Å². The highest BCUT2D eigenvalue weighted by Crippen LogP contribution is 2.41. The van der Waals surface area contributed by atoms with E-state index in [1.54, 1.807) is 17.7 Å². The second-order valence-corrected chi connectivity index (χ2v) is 6.67. The number of amides is 1. The fourth-order valence-corrected chi connectivity index (χ4v) is 3.86. The summed E-state index contributed by atoms with van der Waals surface area (Å²) in [6, 6.07) is 6.66. The van der Waals surface area contributed by atoms with Crippen LogP contribution in [0.4, 0.5) is 4.39 Å². The van der Waals surface area contributed by atoms with Gasteiger partial charge in [-0.3, -0.25) is 4.79 Å². The molecule has 2 nitrogen and oxygen atoms in total. The van der Waals surface area contributed by atoms with Crippen LogP contribution in [0.2, 0.25) is 0 Å².